The molecule has 1 atom stereocenters. The number of carbonyl (C=O) groups excluding carboxylic acids is 1. The van der Waals surface area contributed by atoms with Gasteiger partial charge in [0.05, 0.1) is 7.11 Å². The number of rotatable bonds is 4. The molecule has 20 heavy (non-hydrogen) atoms. The highest BCUT2D eigenvalue weighted by molar-refractivity contribution is 7.14. The zero-order chi connectivity index (χ0) is 14.7. The third-order valence-corrected chi connectivity index (χ3v) is 4.42. The molecule has 4 heteroatoms. The molecule has 0 radical (unpaired) electrons. The summed E-state index contributed by atoms with van der Waals surface area (Å²) in [5.41, 5.74) is 9.48. The summed E-state index contributed by atoms with van der Waals surface area (Å²) < 4.78 is 4.80. The molecule has 2 aromatic rings. The van der Waals surface area contributed by atoms with E-state index < -0.39 is 0 Å². The Balaban J connectivity index is 2.40. The second kappa shape index (κ2) is 6.09. The minimum Gasteiger partial charge on any atom is -0.465 e. The van der Waals surface area contributed by atoms with Gasteiger partial charge in [-0.1, -0.05) is 38.1 Å². The van der Waals surface area contributed by atoms with Gasteiger partial charge in [0.2, 0.25) is 0 Å². The normalized spacial score (nSPS) is 12.2. The number of nitrogen functional groups attached to an aromatic ring is 1. The third kappa shape index (κ3) is 2.70. The van der Waals surface area contributed by atoms with Gasteiger partial charge >= 0.3 is 5.97 Å². The average Bonchev–Trinajstić information content (AvgIpc) is 2.87. The van der Waals surface area contributed by atoms with E-state index in [0.29, 0.717) is 16.5 Å². The summed E-state index contributed by atoms with van der Waals surface area (Å²) in [6.45, 7) is 4.38. The Morgan fingerprint density at radius 2 is 2.00 bits per heavy atom. The number of benzene rings is 1. The predicted molar refractivity (Wildman–Crippen MR) is 84.2 cm³/mol. The maximum atomic E-state index is 11.8. The van der Waals surface area contributed by atoms with Gasteiger partial charge in [-0.05, 0) is 23.5 Å². The lowest BCUT2D eigenvalue weighted by molar-refractivity contribution is 0.0603. The molecule has 0 saturated carbocycles. The molecule has 0 fully saturated rings. The molecule has 0 aliphatic rings. The van der Waals surface area contributed by atoms with E-state index in [1.54, 1.807) is 0 Å². The van der Waals surface area contributed by atoms with Crippen molar-refractivity contribution in [1.82, 2.24) is 0 Å². The van der Waals surface area contributed by atoms with Crippen LogP contribution in [0.1, 0.15) is 42.1 Å². The summed E-state index contributed by atoms with van der Waals surface area (Å²) in [6.07, 6.45) is 1.11. The first-order valence-corrected chi connectivity index (χ1v) is 7.52. The number of thiophene rings is 1. The van der Waals surface area contributed by atoms with Crippen molar-refractivity contribution in [3.05, 3.63) is 40.8 Å². The summed E-state index contributed by atoms with van der Waals surface area (Å²) in [7, 11) is 1.37. The molecule has 3 nitrogen and oxygen atoms in total. The number of anilines is 1. The fourth-order valence-corrected chi connectivity index (χ4v) is 2.93. The minimum absolute atomic E-state index is 0.384. The topological polar surface area (TPSA) is 52.3 Å². The van der Waals surface area contributed by atoms with Crippen molar-refractivity contribution >= 4 is 22.3 Å². The Morgan fingerprint density at radius 1 is 1.35 bits per heavy atom. The molecule has 0 amide bonds. The van der Waals surface area contributed by atoms with Gasteiger partial charge in [0, 0.05) is 10.9 Å². The Labute approximate surface area is 123 Å². The molecule has 1 heterocycles. The molecule has 0 bridgehead atoms. The fraction of sp³-hybridized carbons (Fsp3) is 0.312. The van der Waals surface area contributed by atoms with Crippen LogP contribution in [0.25, 0.3) is 11.1 Å². The summed E-state index contributed by atoms with van der Waals surface area (Å²) in [5.74, 6) is 0.154. The van der Waals surface area contributed by atoms with Crippen LogP contribution in [0, 0.1) is 0 Å². The first-order chi connectivity index (χ1) is 9.58. The highest BCUT2D eigenvalue weighted by Crippen LogP contribution is 2.34. The van der Waals surface area contributed by atoms with Crippen LogP contribution in [-0.2, 0) is 4.74 Å². The van der Waals surface area contributed by atoms with Crippen molar-refractivity contribution in [2.75, 3.05) is 12.8 Å². The van der Waals surface area contributed by atoms with Crippen LogP contribution < -0.4 is 5.73 Å². The molecule has 0 aliphatic heterocycles. The van der Waals surface area contributed by atoms with Crippen LogP contribution in [0.4, 0.5) is 5.00 Å². The molecular weight excluding hydrogens is 270 g/mol. The van der Waals surface area contributed by atoms with E-state index in [2.05, 4.69) is 26.0 Å². The van der Waals surface area contributed by atoms with Crippen LogP contribution in [0.2, 0.25) is 0 Å². The second-order valence-corrected chi connectivity index (χ2v) is 5.72. The molecule has 1 aromatic carbocycles. The van der Waals surface area contributed by atoms with E-state index >= 15 is 0 Å². The van der Waals surface area contributed by atoms with Crippen LogP contribution >= 0.6 is 11.3 Å². The van der Waals surface area contributed by atoms with Crippen molar-refractivity contribution in [2.45, 2.75) is 26.2 Å². The lowest BCUT2D eigenvalue weighted by Gasteiger charge is -2.10. The van der Waals surface area contributed by atoms with E-state index in [9.17, 15) is 4.79 Å². The van der Waals surface area contributed by atoms with Gasteiger partial charge in [-0.25, -0.2) is 4.79 Å². The number of ether oxygens (including phenoxy) is 1. The van der Waals surface area contributed by atoms with Crippen molar-refractivity contribution in [3.8, 4) is 11.1 Å². The molecule has 0 saturated heterocycles. The molecule has 106 valence electrons. The van der Waals surface area contributed by atoms with Gasteiger partial charge < -0.3 is 10.5 Å². The molecule has 0 aliphatic carbocycles. The van der Waals surface area contributed by atoms with E-state index in [0.717, 1.165) is 17.5 Å². The third-order valence-electron chi connectivity index (χ3n) is 3.61. The first-order valence-electron chi connectivity index (χ1n) is 6.64. The maximum absolute atomic E-state index is 11.8. The van der Waals surface area contributed by atoms with Crippen LogP contribution in [0.5, 0.6) is 0 Å². The highest BCUT2D eigenvalue weighted by Gasteiger charge is 2.19. The summed E-state index contributed by atoms with van der Waals surface area (Å²) in [5, 5.41) is 2.40. The number of nitrogens with two attached hydrogens (primary N) is 1. The quantitative estimate of drug-likeness (QED) is 0.854. The Hall–Kier alpha value is -1.81. The van der Waals surface area contributed by atoms with Crippen molar-refractivity contribution in [2.24, 2.45) is 0 Å². The molecule has 0 spiro atoms. The van der Waals surface area contributed by atoms with E-state index in [1.165, 1.54) is 24.0 Å². The van der Waals surface area contributed by atoms with E-state index in [1.807, 2.05) is 17.5 Å². The summed E-state index contributed by atoms with van der Waals surface area (Å²) >= 11 is 1.36. The van der Waals surface area contributed by atoms with Gasteiger partial charge in [-0.2, -0.15) is 0 Å². The highest BCUT2D eigenvalue weighted by atomic mass is 32.1. The van der Waals surface area contributed by atoms with Gasteiger partial charge in [-0.15, -0.1) is 11.3 Å². The fourth-order valence-electron chi connectivity index (χ4n) is 2.12. The molecular formula is C16H19NO2S. The number of hydrogen-bond acceptors (Lipinski definition) is 4. The van der Waals surface area contributed by atoms with Crippen LogP contribution in [-0.4, -0.2) is 13.1 Å². The van der Waals surface area contributed by atoms with Gasteiger partial charge in [-0.3, -0.25) is 0 Å². The maximum Gasteiger partial charge on any atom is 0.341 e. The second-order valence-electron chi connectivity index (χ2n) is 4.81. The average molecular weight is 289 g/mol. The van der Waals surface area contributed by atoms with Gasteiger partial charge in [0.15, 0.2) is 0 Å². The zero-order valence-corrected chi connectivity index (χ0v) is 12.8. The van der Waals surface area contributed by atoms with Crippen LogP contribution in [0.15, 0.2) is 29.6 Å². The van der Waals surface area contributed by atoms with Crippen molar-refractivity contribution in [1.29, 1.82) is 0 Å². The summed E-state index contributed by atoms with van der Waals surface area (Å²) in [4.78, 5) is 11.8. The zero-order valence-electron chi connectivity index (χ0n) is 12.0. The Morgan fingerprint density at radius 3 is 2.55 bits per heavy atom. The standard InChI is InChI=1S/C16H19NO2S/c1-4-10(2)11-5-7-12(8-6-11)13-9-20-15(17)14(13)16(18)19-3/h5-10H,4,17H2,1-3H3/t10-/m0/s1. The summed E-state index contributed by atoms with van der Waals surface area (Å²) in [6, 6.07) is 8.29. The van der Waals surface area contributed by atoms with E-state index in [-0.39, 0.29) is 5.97 Å². The minimum atomic E-state index is -0.384. The monoisotopic (exact) mass is 289 g/mol. The number of hydrogen-bond donors (Lipinski definition) is 1. The Kier molecular flexibility index (Phi) is 4.45. The molecule has 0 unspecified atom stereocenters. The number of esters is 1. The van der Waals surface area contributed by atoms with Crippen LogP contribution in [0.3, 0.4) is 0 Å². The van der Waals surface area contributed by atoms with Crippen molar-refractivity contribution < 1.29 is 9.53 Å². The van der Waals surface area contributed by atoms with Gasteiger partial charge in [0.1, 0.15) is 10.6 Å². The predicted octanol–water partition coefficient (Wildman–Crippen LogP) is 4.30. The lowest BCUT2D eigenvalue weighted by atomic mass is 9.95. The lowest BCUT2D eigenvalue weighted by Crippen LogP contribution is -2.04. The number of carbonyl (C=O) groups is 1. The first kappa shape index (κ1) is 14.6. The van der Waals surface area contributed by atoms with Crippen molar-refractivity contribution in [3.63, 3.8) is 0 Å². The SMILES string of the molecule is CC[C@H](C)c1ccc(-c2csc(N)c2C(=O)OC)cc1. The smallest absolute Gasteiger partial charge is 0.341 e. The number of methoxy groups -OCH3 is 1. The Bertz CT molecular complexity index is 601. The molecule has 2 rings (SSSR count). The molecule has 1 aromatic heterocycles. The molecule has 2 N–H and O–H groups in total. The van der Waals surface area contributed by atoms with Gasteiger partial charge in [0.25, 0.3) is 0 Å². The largest absolute Gasteiger partial charge is 0.465 e. The van der Waals surface area contributed by atoms with E-state index in [4.69, 9.17) is 10.5 Å².